The highest BCUT2D eigenvalue weighted by Gasteiger charge is 2.16. The Hall–Kier alpha value is -1.51. The van der Waals surface area contributed by atoms with Crippen LogP contribution in [0.15, 0.2) is 70.1 Å². The summed E-state index contributed by atoms with van der Waals surface area (Å²) in [6.45, 7) is 0. The van der Waals surface area contributed by atoms with Crippen LogP contribution in [0.25, 0.3) is 0 Å². The Balaban J connectivity index is 2.23. The number of carbonyl (C=O) groups is 1. The lowest BCUT2D eigenvalue weighted by Crippen LogP contribution is -2.05. The van der Waals surface area contributed by atoms with Crippen LogP contribution in [0.1, 0.15) is 0 Å². The first-order valence-electron chi connectivity index (χ1n) is 5.36. The molecule has 1 aliphatic carbocycles. The van der Waals surface area contributed by atoms with Crippen LogP contribution < -0.4 is 0 Å². The van der Waals surface area contributed by atoms with Gasteiger partial charge in [0.15, 0.2) is 0 Å². The first kappa shape index (κ1) is 12.9. The molecule has 0 aromatic heterocycles. The van der Waals surface area contributed by atoms with Crippen molar-refractivity contribution in [2.45, 2.75) is 0 Å². The second-order valence-electron chi connectivity index (χ2n) is 3.94. The van der Waals surface area contributed by atoms with Crippen molar-refractivity contribution >= 4 is 29.0 Å². The number of allylic oxidation sites excluding steroid dienone is 10. The standard InChI is InChI=1S/C14H11Cl2NO/c1-17-6-4-10(5-7-17)2-3-11-8-12(15)9-13(16)14(11)18/h2-9H,1H3/b11-3-. The Bertz CT molecular complexity index is 546. The smallest absolute Gasteiger partial charge is 0.204 e. The van der Waals surface area contributed by atoms with E-state index in [4.69, 9.17) is 23.2 Å². The molecular weight excluding hydrogens is 269 g/mol. The number of rotatable bonds is 1. The van der Waals surface area contributed by atoms with Crippen molar-refractivity contribution in [3.8, 4) is 0 Å². The first-order valence-corrected chi connectivity index (χ1v) is 6.11. The Labute approximate surface area is 116 Å². The highest BCUT2D eigenvalue weighted by Crippen LogP contribution is 2.24. The Morgan fingerprint density at radius 3 is 2.44 bits per heavy atom. The quantitative estimate of drug-likeness (QED) is 0.683. The van der Waals surface area contributed by atoms with Gasteiger partial charge in [-0.3, -0.25) is 4.79 Å². The van der Waals surface area contributed by atoms with Crippen molar-refractivity contribution in [2.24, 2.45) is 0 Å². The van der Waals surface area contributed by atoms with Gasteiger partial charge in [0.25, 0.3) is 0 Å². The average Bonchev–Trinajstić information content (AvgIpc) is 2.34. The Kier molecular flexibility index (Phi) is 3.90. The highest BCUT2D eigenvalue weighted by molar-refractivity contribution is 6.48. The molecule has 0 aromatic carbocycles. The maximum atomic E-state index is 11.8. The van der Waals surface area contributed by atoms with Crippen LogP contribution in [0.3, 0.4) is 0 Å². The minimum Gasteiger partial charge on any atom is -0.357 e. The van der Waals surface area contributed by atoms with E-state index < -0.39 is 0 Å². The minimum absolute atomic E-state index is 0.140. The number of hydrogen-bond acceptors (Lipinski definition) is 2. The van der Waals surface area contributed by atoms with Crippen molar-refractivity contribution in [3.05, 3.63) is 70.1 Å². The molecule has 0 atom stereocenters. The third-order valence-electron chi connectivity index (χ3n) is 2.50. The van der Waals surface area contributed by atoms with Crippen LogP contribution in [0, 0.1) is 0 Å². The molecule has 2 rings (SSSR count). The van der Waals surface area contributed by atoms with Crippen molar-refractivity contribution in [1.82, 2.24) is 4.90 Å². The van der Waals surface area contributed by atoms with Gasteiger partial charge >= 0.3 is 0 Å². The lowest BCUT2D eigenvalue weighted by molar-refractivity contribution is -0.111. The van der Waals surface area contributed by atoms with E-state index in [-0.39, 0.29) is 10.8 Å². The topological polar surface area (TPSA) is 20.3 Å². The third-order valence-corrected chi connectivity index (χ3v) is 3.00. The SMILES string of the molecule is CN1C=CC(=C/C=C2/C=C(Cl)C=C(Cl)C2=O)C=C1. The predicted octanol–water partition coefficient (Wildman–Crippen LogP) is 3.64. The lowest BCUT2D eigenvalue weighted by atomic mass is 10.0. The van der Waals surface area contributed by atoms with E-state index in [2.05, 4.69) is 0 Å². The van der Waals surface area contributed by atoms with Gasteiger partial charge in [-0.05, 0) is 29.9 Å². The lowest BCUT2D eigenvalue weighted by Gasteiger charge is -2.11. The summed E-state index contributed by atoms with van der Waals surface area (Å²) >= 11 is 11.7. The molecule has 92 valence electrons. The average molecular weight is 280 g/mol. The molecule has 0 bridgehead atoms. The van der Waals surface area contributed by atoms with Crippen LogP contribution in [-0.2, 0) is 4.79 Å². The molecule has 0 fully saturated rings. The summed E-state index contributed by atoms with van der Waals surface area (Å²) in [4.78, 5) is 13.7. The molecule has 0 N–H and O–H groups in total. The van der Waals surface area contributed by atoms with Crippen molar-refractivity contribution in [1.29, 1.82) is 0 Å². The number of halogens is 2. The molecule has 0 unspecified atom stereocenters. The molecule has 2 aliphatic rings. The molecule has 2 nitrogen and oxygen atoms in total. The molecule has 0 amide bonds. The van der Waals surface area contributed by atoms with E-state index in [9.17, 15) is 4.79 Å². The van der Waals surface area contributed by atoms with E-state index in [1.165, 1.54) is 6.08 Å². The second kappa shape index (κ2) is 5.42. The minimum atomic E-state index is -0.209. The molecule has 0 radical (unpaired) electrons. The number of Topliss-reactive ketones (excluding diaryl/α,β-unsaturated/α-hetero) is 1. The molecule has 1 heterocycles. The van der Waals surface area contributed by atoms with Crippen LogP contribution in [0.5, 0.6) is 0 Å². The zero-order valence-electron chi connectivity index (χ0n) is 9.73. The van der Waals surface area contributed by atoms with E-state index in [1.54, 1.807) is 12.2 Å². The van der Waals surface area contributed by atoms with E-state index in [0.717, 1.165) is 5.57 Å². The molecule has 0 spiro atoms. The summed E-state index contributed by atoms with van der Waals surface area (Å²) in [6.07, 6.45) is 14.4. The summed E-state index contributed by atoms with van der Waals surface area (Å²) in [5.41, 5.74) is 1.49. The molecule has 0 saturated carbocycles. The molecule has 1 aliphatic heterocycles. The van der Waals surface area contributed by atoms with Gasteiger partial charge < -0.3 is 4.90 Å². The largest absolute Gasteiger partial charge is 0.357 e. The maximum Gasteiger partial charge on any atom is 0.204 e. The fourth-order valence-electron chi connectivity index (χ4n) is 1.51. The van der Waals surface area contributed by atoms with E-state index in [0.29, 0.717) is 10.6 Å². The fourth-order valence-corrected chi connectivity index (χ4v) is 2.02. The number of carbonyl (C=O) groups excluding carboxylic acids is 1. The van der Waals surface area contributed by atoms with E-state index in [1.807, 2.05) is 42.6 Å². The Morgan fingerprint density at radius 2 is 1.78 bits per heavy atom. The molecule has 0 aromatic rings. The second-order valence-corrected chi connectivity index (χ2v) is 4.78. The summed E-state index contributed by atoms with van der Waals surface area (Å²) in [5.74, 6) is -0.209. The van der Waals surface area contributed by atoms with Gasteiger partial charge in [-0.15, -0.1) is 0 Å². The monoisotopic (exact) mass is 279 g/mol. The molecular formula is C14H11Cl2NO. The summed E-state index contributed by atoms with van der Waals surface area (Å²) in [6, 6.07) is 0. The Morgan fingerprint density at radius 1 is 1.11 bits per heavy atom. The molecule has 0 saturated heterocycles. The van der Waals surface area contributed by atoms with Gasteiger partial charge in [0.2, 0.25) is 5.78 Å². The zero-order chi connectivity index (χ0) is 13.1. The van der Waals surface area contributed by atoms with Crippen LogP contribution in [0.4, 0.5) is 0 Å². The van der Waals surface area contributed by atoms with Crippen molar-refractivity contribution < 1.29 is 4.79 Å². The predicted molar refractivity (Wildman–Crippen MR) is 75.1 cm³/mol. The zero-order valence-corrected chi connectivity index (χ0v) is 11.2. The summed E-state index contributed by atoms with van der Waals surface area (Å²) < 4.78 is 0. The molecule has 4 heteroatoms. The fraction of sp³-hybridized carbons (Fsp3) is 0.0714. The van der Waals surface area contributed by atoms with Gasteiger partial charge in [0, 0.05) is 30.1 Å². The van der Waals surface area contributed by atoms with Crippen LogP contribution in [-0.4, -0.2) is 17.7 Å². The van der Waals surface area contributed by atoms with Gasteiger partial charge in [-0.1, -0.05) is 35.4 Å². The maximum absolute atomic E-state index is 11.8. The summed E-state index contributed by atoms with van der Waals surface area (Å²) in [7, 11) is 1.94. The van der Waals surface area contributed by atoms with Gasteiger partial charge in [0.1, 0.15) is 0 Å². The number of hydrogen-bond donors (Lipinski definition) is 0. The van der Waals surface area contributed by atoms with Gasteiger partial charge in [-0.2, -0.15) is 0 Å². The first-order chi connectivity index (χ1) is 8.56. The third kappa shape index (κ3) is 3.03. The van der Waals surface area contributed by atoms with Gasteiger partial charge in [0.05, 0.1) is 5.03 Å². The summed E-state index contributed by atoms with van der Waals surface area (Å²) in [5, 5.41) is 0.598. The highest BCUT2D eigenvalue weighted by atomic mass is 35.5. The normalized spacial score (nSPS) is 21.3. The van der Waals surface area contributed by atoms with Crippen molar-refractivity contribution in [2.75, 3.05) is 7.05 Å². The van der Waals surface area contributed by atoms with Crippen molar-refractivity contribution in [3.63, 3.8) is 0 Å². The number of ketones is 1. The van der Waals surface area contributed by atoms with Gasteiger partial charge in [-0.25, -0.2) is 0 Å². The van der Waals surface area contributed by atoms with E-state index >= 15 is 0 Å². The van der Waals surface area contributed by atoms with Crippen LogP contribution >= 0.6 is 23.2 Å². The number of nitrogens with zero attached hydrogens (tertiary/aromatic N) is 1. The molecule has 18 heavy (non-hydrogen) atoms. The van der Waals surface area contributed by atoms with Crippen LogP contribution in [0.2, 0.25) is 0 Å².